The molecule has 5 nitrogen and oxygen atoms in total. The van der Waals surface area contributed by atoms with Crippen molar-refractivity contribution in [2.75, 3.05) is 31.1 Å². The molecule has 24 heavy (non-hydrogen) atoms. The van der Waals surface area contributed by atoms with Crippen LogP contribution < -0.4 is 10.2 Å². The molecule has 1 N–H and O–H groups in total. The quantitative estimate of drug-likeness (QED) is 0.905. The van der Waals surface area contributed by atoms with Crippen molar-refractivity contribution in [3.05, 3.63) is 10.9 Å². The molecule has 2 saturated heterocycles. The number of carbonyl (C=O) groups excluding carboxylic acids is 1. The molecule has 1 amide bonds. The number of aromatic nitrogens is 1. The summed E-state index contributed by atoms with van der Waals surface area (Å²) in [6.07, 6.45) is 3.36. The van der Waals surface area contributed by atoms with Crippen LogP contribution >= 0.6 is 22.7 Å². The van der Waals surface area contributed by atoms with E-state index in [1.165, 1.54) is 0 Å². The molecular formula is C17H24N4OS2. The molecule has 0 spiro atoms. The van der Waals surface area contributed by atoms with E-state index in [1.807, 2.05) is 0 Å². The fourth-order valence-electron chi connectivity index (χ4n) is 3.90. The highest BCUT2D eigenvalue weighted by Gasteiger charge is 2.38. The number of thiazole rings is 1. The van der Waals surface area contributed by atoms with Gasteiger partial charge in [0.15, 0.2) is 5.13 Å². The maximum absolute atomic E-state index is 13.1. The number of nitrogens with one attached hydrogen (secondary N) is 1. The second-order valence-electron chi connectivity index (χ2n) is 6.54. The minimum Gasteiger partial charge on any atom is -0.349 e. The molecule has 130 valence electrons. The van der Waals surface area contributed by atoms with Gasteiger partial charge in [0.2, 0.25) is 0 Å². The molecule has 2 aliphatic rings. The van der Waals surface area contributed by atoms with Gasteiger partial charge in [-0.3, -0.25) is 4.79 Å². The van der Waals surface area contributed by atoms with E-state index < -0.39 is 0 Å². The zero-order chi connectivity index (χ0) is 16.7. The monoisotopic (exact) mass is 364 g/mol. The van der Waals surface area contributed by atoms with Crippen LogP contribution in [0.1, 0.15) is 42.8 Å². The third-order valence-electron chi connectivity index (χ3n) is 5.21. The number of nitrogens with zero attached hydrogens (tertiary/aromatic N) is 3. The fourth-order valence-corrected chi connectivity index (χ4v) is 6.18. The van der Waals surface area contributed by atoms with E-state index in [0.717, 1.165) is 65.0 Å². The van der Waals surface area contributed by atoms with Crippen LogP contribution in [0.3, 0.4) is 0 Å². The van der Waals surface area contributed by atoms with Crippen molar-refractivity contribution in [1.82, 2.24) is 15.2 Å². The number of hydrogen-bond donors (Lipinski definition) is 1. The summed E-state index contributed by atoms with van der Waals surface area (Å²) in [4.78, 5) is 24.1. The Labute approximate surface area is 150 Å². The first-order chi connectivity index (χ1) is 11.7. The number of rotatable bonds is 4. The summed E-state index contributed by atoms with van der Waals surface area (Å²) in [6, 6.07) is 2.84. The van der Waals surface area contributed by atoms with E-state index in [0.29, 0.717) is 12.1 Å². The molecule has 2 fully saturated rings. The molecule has 0 radical (unpaired) electrons. The minimum absolute atomic E-state index is 0.214. The topological polar surface area (TPSA) is 48.5 Å². The molecular weight excluding hydrogens is 340 g/mol. The van der Waals surface area contributed by atoms with Crippen LogP contribution in [0.4, 0.5) is 5.13 Å². The van der Waals surface area contributed by atoms with Crippen molar-refractivity contribution in [3.63, 3.8) is 0 Å². The number of fused-ring (bicyclic) bond motifs is 3. The molecule has 2 aromatic rings. The van der Waals surface area contributed by atoms with Gasteiger partial charge < -0.3 is 15.1 Å². The third kappa shape index (κ3) is 2.72. The standard InChI is InChI=1S/C17H24N4OS2/c1-3-20(4-2)17-19-15-13(24-17)9-14(23-15)16(22)21-11-5-6-12(21)10-18-8-7-11/h9,11-12,18H,3-8,10H2,1-2H3. The van der Waals surface area contributed by atoms with E-state index in [-0.39, 0.29) is 5.91 Å². The zero-order valence-corrected chi connectivity index (χ0v) is 15.9. The first-order valence-corrected chi connectivity index (χ1v) is 10.5. The van der Waals surface area contributed by atoms with Gasteiger partial charge in [-0.1, -0.05) is 11.3 Å². The number of carbonyl (C=O) groups is 1. The molecule has 2 atom stereocenters. The van der Waals surface area contributed by atoms with E-state index in [1.54, 1.807) is 22.7 Å². The number of amides is 1. The summed E-state index contributed by atoms with van der Waals surface area (Å²) >= 11 is 3.26. The van der Waals surface area contributed by atoms with Crippen molar-refractivity contribution in [2.24, 2.45) is 0 Å². The van der Waals surface area contributed by atoms with Crippen molar-refractivity contribution >= 4 is 43.2 Å². The van der Waals surface area contributed by atoms with Crippen molar-refractivity contribution in [2.45, 2.75) is 45.2 Å². The summed E-state index contributed by atoms with van der Waals surface area (Å²) in [6.45, 7) is 8.19. The highest BCUT2D eigenvalue weighted by Crippen LogP contribution is 2.37. The fraction of sp³-hybridized carbons (Fsp3) is 0.647. The summed E-state index contributed by atoms with van der Waals surface area (Å²) in [5, 5.41) is 4.53. The Hall–Kier alpha value is -1.18. The van der Waals surface area contributed by atoms with Gasteiger partial charge in [0.05, 0.1) is 9.58 Å². The van der Waals surface area contributed by atoms with E-state index >= 15 is 0 Å². The van der Waals surface area contributed by atoms with Crippen molar-refractivity contribution in [3.8, 4) is 0 Å². The molecule has 2 bridgehead atoms. The lowest BCUT2D eigenvalue weighted by atomic mass is 10.1. The molecule has 2 unspecified atom stereocenters. The number of hydrogen-bond acceptors (Lipinski definition) is 6. The lowest BCUT2D eigenvalue weighted by Gasteiger charge is -2.27. The van der Waals surface area contributed by atoms with Crippen LogP contribution in [0.2, 0.25) is 0 Å². The zero-order valence-electron chi connectivity index (χ0n) is 14.2. The predicted molar refractivity (Wildman–Crippen MR) is 102 cm³/mol. The molecule has 4 heterocycles. The molecule has 2 aromatic heterocycles. The first-order valence-electron chi connectivity index (χ1n) is 8.90. The lowest BCUT2D eigenvalue weighted by molar-refractivity contribution is 0.0685. The number of anilines is 1. The van der Waals surface area contributed by atoms with Crippen molar-refractivity contribution < 1.29 is 4.79 Å². The Morgan fingerprint density at radius 3 is 2.83 bits per heavy atom. The Morgan fingerprint density at radius 2 is 2.08 bits per heavy atom. The highest BCUT2D eigenvalue weighted by atomic mass is 32.1. The second-order valence-corrected chi connectivity index (χ2v) is 8.58. The third-order valence-corrected chi connectivity index (χ3v) is 7.42. The van der Waals surface area contributed by atoms with Crippen LogP contribution in [-0.4, -0.2) is 54.1 Å². The summed E-state index contributed by atoms with van der Waals surface area (Å²) in [5.74, 6) is 0.214. The van der Waals surface area contributed by atoms with Gasteiger partial charge in [0.1, 0.15) is 4.83 Å². The predicted octanol–water partition coefficient (Wildman–Crippen LogP) is 3.17. The van der Waals surface area contributed by atoms with E-state index in [9.17, 15) is 4.79 Å². The van der Waals surface area contributed by atoms with Crippen LogP contribution in [0, 0.1) is 0 Å². The maximum Gasteiger partial charge on any atom is 0.264 e. The average molecular weight is 365 g/mol. The van der Waals surface area contributed by atoms with Crippen LogP contribution in [0.5, 0.6) is 0 Å². The molecule has 2 aliphatic heterocycles. The summed E-state index contributed by atoms with van der Waals surface area (Å²) in [5.41, 5.74) is 0. The Kier molecular flexibility index (Phi) is 4.49. The largest absolute Gasteiger partial charge is 0.349 e. The maximum atomic E-state index is 13.1. The molecule has 0 aliphatic carbocycles. The normalized spacial score (nSPS) is 23.7. The van der Waals surface area contributed by atoms with Gasteiger partial charge in [-0.05, 0) is 45.7 Å². The SMILES string of the molecule is CCN(CC)c1nc2sc(C(=O)N3C4CCNCC3CC4)cc2s1. The second kappa shape index (κ2) is 6.61. The molecule has 0 saturated carbocycles. The lowest BCUT2D eigenvalue weighted by Crippen LogP contribution is -2.42. The number of thiophene rings is 1. The van der Waals surface area contributed by atoms with Gasteiger partial charge in [-0.2, -0.15) is 0 Å². The Morgan fingerprint density at radius 1 is 1.29 bits per heavy atom. The molecule has 0 aromatic carbocycles. The van der Waals surface area contributed by atoms with Gasteiger partial charge in [0, 0.05) is 31.7 Å². The van der Waals surface area contributed by atoms with Crippen LogP contribution in [0.25, 0.3) is 9.53 Å². The Balaban J connectivity index is 1.60. The van der Waals surface area contributed by atoms with Gasteiger partial charge >= 0.3 is 0 Å². The van der Waals surface area contributed by atoms with Gasteiger partial charge in [-0.15, -0.1) is 11.3 Å². The van der Waals surface area contributed by atoms with Crippen molar-refractivity contribution in [1.29, 1.82) is 0 Å². The highest BCUT2D eigenvalue weighted by molar-refractivity contribution is 7.29. The molecule has 7 heteroatoms. The van der Waals surface area contributed by atoms with Gasteiger partial charge in [-0.25, -0.2) is 4.98 Å². The summed E-state index contributed by atoms with van der Waals surface area (Å²) in [7, 11) is 0. The summed E-state index contributed by atoms with van der Waals surface area (Å²) < 4.78 is 1.14. The first kappa shape index (κ1) is 16.3. The minimum atomic E-state index is 0.214. The van der Waals surface area contributed by atoms with Crippen LogP contribution in [0.15, 0.2) is 6.07 Å². The van der Waals surface area contributed by atoms with Gasteiger partial charge in [0.25, 0.3) is 5.91 Å². The Bertz CT molecular complexity index is 691. The molecule has 4 rings (SSSR count). The van der Waals surface area contributed by atoms with E-state index in [2.05, 4.69) is 35.0 Å². The average Bonchev–Trinajstić information content (AvgIpc) is 3.18. The van der Waals surface area contributed by atoms with E-state index in [4.69, 9.17) is 4.98 Å². The smallest absolute Gasteiger partial charge is 0.264 e. The van der Waals surface area contributed by atoms with Crippen LogP contribution in [-0.2, 0) is 0 Å².